The Hall–Kier alpha value is -1.04. The van der Waals surface area contributed by atoms with Gasteiger partial charge < -0.3 is 10.1 Å². The van der Waals surface area contributed by atoms with Gasteiger partial charge in [0.1, 0.15) is 10.8 Å². The van der Waals surface area contributed by atoms with E-state index in [1.807, 2.05) is 6.92 Å². The van der Waals surface area contributed by atoms with Crippen LogP contribution in [0.25, 0.3) is 0 Å². The molecule has 0 unspecified atom stereocenters. The number of halogens is 4. The van der Waals surface area contributed by atoms with Crippen molar-refractivity contribution in [2.45, 2.75) is 13.3 Å². The van der Waals surface area contributed by atoms with E-state index in [1.165, 1.54) is 18.2 Å². The molecule has 112 valence electrons. The van der Waals surface area contributed by atoms with Crippen LogP contribution in [0.1, 0.15) is 13.3 Å². The first-order valence-corrected chi connectivity index (χ1v) is 7.79. The lowest BCUT2D eigenvalue weighted by Gasteiger charge is -2.12. The number of hydrogen-bond donors (Lipinski definition) is 1. The summed E-state index contributed by atoms with van der Waals surface area (Å²) in [4.78, 5) is 4.20. The van der Waals surface area contributed by atoms with Gasteiger partial charge in [-0.05, 0) is 30.7 Å². The molecule has 0 aliphatic rings. The number of hydrogen-bond acceptors (Lipinski definition) is 3. The first-order valence-electron chi connectivity index (χ1n) is 6.24. The molecule has 0 spiro atoms. The Morgan fingerprint density at radius 2 is 2.05 bits per heavy atom. The molecule has 0 amide bonds. The third-order valence-electron chi connectivity index (χ3n) is 2.54. The molecular formula is C14H12BrCl2FN2O. The van der Waals surface area contributed by atoms with Crippen LogP contribution >= 0.6 is 39.1 Å². The van der Waals surface area contributed by atoms with E-state index in [9.17, 15) is 4.39 Å². The molecule has 0 atom stereocenters. The average Bonchev–Trinajstić information content (AvgIpc) is 2.44. The molecule has 0 bridgehead atoms. The quantitative estimate of drug-likeness (QED) is 0.686. The van der Waals surface area contributed by atoms with Crippen molar-refractivity contribution in [3.8, 4) is 11.6 Å². The molecule has 2 aromatic rings. The van der Waals surface area contributed by atoms with Gasteiger partial charge in [-0.3, -0.25) is 0 Å². The van der Waals surface area contributed by atoms with E-state index < -0.39 is 5.82 Å². The second kappa shape index (κ2) is 7.29. The molecule has 1 heterocycles. The van der Waals surface area contributed by atoms with Crippen LogP contribution in [0.3, 0.4) is 0 Å². The van der Waals surface area contributed by atoms with E-state index in [4.69, 9.17) is 27.9 Å². The van der Waals surface area contributed by atoms with Crippen LogP contribution < -0.4 is 10.1 Å². The topological polar surface area (TPSA) is 34.2 Å². The smallest absolute Gasteiger partial charge is 0.240 e. The minimum atomic E-state index is -0.505. The van der Waals surface area contributed by atoms with Gasteiger partial charge >= 0.3 is 0 Å². The van der Waals surface area contributed by atoms with Crippen molar-refractivity contribution >= 4 is 44.9 Å². The van der Waals surface area contributed by atoms with Gasteiger partial charge in [-0.15, -0.1) is 0 Å². The Morgan fingerprint density at radius 1 is 1.29 bits per heavy atom. The Kier molecular flexibility index (Phi) is 5.67. The van der Waals surface area contributed by atoms with Crippen molar-refractivity contribution in [1.29, 1.82) is 0 Å². The van der Waals surface area contributed by atoms with Crippen molar-refractivity contribution in [2.24, 2.45) is 0 Å². The van der Waals surface area contributed by atoms with Gasteiger partial charge in [0.05, 0.1) is 5.02 Å². The van der Waals surface area contributed by atoms with E-state index in [1.54, 1.807) is 6.07 Å². The lowest BCUT2D eigenvalue weighted by atomic mass is 10.3. The summed E-state index contributed by atoms with van der Waals surface area (Å²) >= 11 is 15.3. The molecule has 1 aromatic carbocycles. The van der Waals surface area contributed by atoms with Crippen molar-refractivity contribution in [1.82, 2.24) is 4.98 Å². The standard InChI is InChI=1S/C14H12BrCl2FN2O/c1-2-5-19-13-9(16)7-10(17)14(20-13)21-12-6-8(15)3-4-11(12)18/h3-4,6-7H,2,5H2,1H3,(H,19,20). The average molecular weight is 394 g/mol. The SMILES string of the molecule is CCCNc1nc(Oc2cc(Br)ccc2F)c(Cl)cc1Cl. The van der Waals surface area contributed by atoms with Gasteiger partial charge in [0.25, 0.3) is 0 Å². The van der Waals surface area contributed by atoms with E-state index in [0.717, 1.165) is 6.42 Å². The van der Waals surface area contributed by atoms with Crippen LogP contribution in [0.4, 0.5) is 10.2 Å². The zero-order valence-corrected chi connectivity index (χ0v) is 14.2. The summed E-state index contributed by atoms with van der Waals surface area (Å²) in [5.41, 5.74) is 0. The highest BCUT2D eigenvalue weighted by molar-refractivity contribution is 9.10. The summed E-state index contributed by atoms with van der Waals surface area (Å²) in [5.74, 6) is 0.0709. The number of pyridine rings is 1. The van der Waals surface area contributed by atoms with Gasteiger partial charge in [0, 0.05) is 11.0 Å². The maximum Gasteiger partial charge on any atom is 0.240 e. The number of aromatic nitrogens is 1. The third kappa shape index (κ3) is 4.22. The normalized spacial score (nSPS) is 10.5. The lowest BCUT2D eigenvalue weighted by Crippen LogP contribution is -2.04. The highest BCUT2D eigenvalue weighted by Crippen LogP contribution is 2.35. The minimum absolute atomic E-state index is 0.0301. The van der Waals surface area contributed by atoms with Crippen molar-refractivity contribution in [3.05, 3.63) is 44.6 Å². The summed E-state index contributed by atoms with van der Waals surface area (Å²) in [7, 11) is 0. The number of anilines is 1. The van der Waals surface area contributed by atoms with Gasteiger partial charge in [-0.25, -0.2) is 4.39 Å². The predicted octanol–water partition coefficient (Wildman–Crippen LogP) is 5.90. The lowest BCUT2D eigenvalue weighted by molar-refractivity contribution is 0.428. The zero-order chi connectivity index (χ0) is 15.4. The molecule has 2 rings (SSSR count). The van der Waals surface area contributed by atoms with Gasteiger partial charge in [-0.2, -0.15) is 4.98 Å². The Labute approximate surface area is 140 Å². The van der Waals surface area contributed by atoms with Crippen LogP contribution in [0.15, 0.2) is 28.7 Å². The summed E-state index contributed by atoms with van der Waals surface area (Å²) < 4.78 is 19.8. The summed E-state index contributed by atoms with van der Waals surface area (Å²) in [6.45, 7) is 2.73. The highest BCUT2D eigenvalue weighted by atomic mass is 79.9. The van der Waals surface area contributed by atoms with Crippen LogP contribution in [0.2, 0.25) is 10.0 Å². The van der Waals surface area contributed by atoms with E-state index in [-0.39, 0.29) is 16.7 Å². The third-order valence-corrected chi connectivity index (χ3v) is 3.59. The van der Waals surface area contributed by atoms with E-state index in [2.05, 4.69) is 26.2 Å². The Morgan fingerprint density at radius 3 is 2.76 bits per heavy atom. The van der Waals surface area contributed by atoms with Crippen LogP contribution in [0, 0.1) is 5.82 Å². The fourth-order valence-electron chi connectivity index (χ4n) is 1.55. The molecule has 0 aliphatic carbocycles. The van der Waals surface area contributed by atoms with Crippen LogP contribution in [-0.4, -0.2) is 11.5 Å². The first-order chi connectivity index (χ1) is 10.0. The van der Waals surface area contributed by atoms with E-state index >= 15 is 0 Å². The number of benzene rings is 1. The largest absolute Gasteiger partial charge is 0.434 e. The molecule has 7 heteroatoms. The molecule has 0 saturated carbocycles. The summed E-state index contributed by atoms with van der Waals surface area (Å²) in [5, 5.41) is 3.65. The van der Waals surface area contributed by atoms with Crippen LogP contribution in [0.5, 0.6) is 11.6 Å². The van der Waals surface area contributed by atoms with Gasteiger partial charge in [0.15, 0.2) is 11.6 Å². The molecule has 3 nitrogen and oxygen atoms in total. The van der Waals surface area contributed by atoms with Crippen LogP contribution in [-0.2, 0) is 0 Å². The molecule has 1 aromatic heterocycles. The fraction of sp³-hybridized carbons (Fsp3) is 0.214. The molecule has 0 radical (unpaired) electrons. The maximum atomic E-state index is 13.7. The molecule has 1 N–H and O–H groups in total. The molecule has 21 heavy (non-hydrogen) atoms. The number of nitrogens with zero attached hydrogens (tertiary/aromatic N) is 1. The molecule has 0 fully saturated rings. The number of rotatable bonds is 5. The Balaban J connectivity index is 2.32. The number of ether oxygens (including phenoxy) is 1. The van der Waals surface area contributed by atoms with Crippen molar-refractivity contribution in [2.75, 3.05) is 11.9 Å². The van der Waals surface area contributed by atoms with Gasteiger partial charge in [0.2, 0.25) is 5.88 Å². The monoisotopic (exact) mass is 392 g/mol. The second-order valence-corrected chi connectivity index (χ2v) is 5.94. The second-order valence-electron chi connectivity index (χ2n) is 4.21. The first kappa shape index (κ1) is 16.3. The van der Waals surface area contributed by atoms with Crippen molar-refractivity contribution in [3.63, 3.8) is 0 Å². The van der Waals surface area contributed by atoms with Gasteiger partial charge in [-0.1, -0.05) is 46.1 Å². The van der Waals surface area contributed by atoms with Crippen molar-refractivity contribution < 1.29 is 9.13 Å². The summed E-state index contributed by atoms with van der Waals surface area (Å²) in [6.07, 6.45) is 0.914. The maximum absolute atomic E-state index is 13.7. The molecular weight excluding hydrogens is 382 g/mol. The number of nitrogens with one attached hydrogen (secondary N) is 1. The minimum Gasteiger partial charge on any atom is -0.434 e. The van der Waals surface area contributed by atoms with E-state index in [0.29, 0.717) is 21.9 Å². The predicted molar refractivity (Wildman–Crippen MR) is 87.2 cm³/mol. The Bertz CT molecular complexity index is 655. The molecule has 0 aliphatic heterocycles. The fourth-order valence-corrected chi connectivity index (χ4v) is 2.35. The molecule has 0 saturated heterocycles. The highest BCUT2D eigenvalue weighted by Gasteiger charge is 2.13. The summed E-state index contributed by atoms with van der Waals surface area (Å²) in [6, 6.07) is 5.88. The zero-order valence-electron chi connectivity index (χ0n) is 11.1.